The summed E-state index contributed by atoms with van der Waals surface area (Å²) in [7, 11) is 0. The third-order valence-corrected chi connectivity index (χ3v) is 3.41. The average Bonchev–Trinajstić information content (AvgIpc) is 2.73. The van der Waals surface area contributed by atoms with E-state index in [1.807, 2.05) is 0 Å². The molecule has 0 saturated carbocycles. The molecule has 0 radical (unpaired) electrons. The Balaban J connectivity index is 2.49. The number of rotatable bonds is 1. The summed E-state index contributed by atoms with van der Waals surface area (Å²) in [5.41, 5.74) is 3.83. The first-order chi connectivity index (χ1) is 9.90. The minimum absolute atomic E-state index is 0.144. The number of thiazole rings is 1. The van der Waals surface area contributed by atoms with Gasteiger partial charge >= 0.3 is 4.87 Å². The van der Waals surface area contributed by atoms with Crippen molar-refractivity contribution < 1.29 is 17.6 Å². The van der Waals surface area contributed by atoms with Crippen LogP contribution in [0.4, 0.5) is 23.5 Å². The minimum Gasteiger partial charge on any atom is -0.368 e. The molecule has 0 aromatic carbocycles. The summed E-state index contributed by atoms with van der Waals surface area (Å²) in [5.74, 6) is -7.65. The standard InChI is InChI=1S/C10H3F4N5OS/c11-3-5(4(12)7(14)17-6(3)13)19-8-2(21-10(19)20)1-16-9(15)18-8/h1H,(H2,15,16,18). The smallest absolute Gasteiger partial charge is 0.314 e. The monoisotopic (exact) mass is 317 g/mol. The second-order valence-corrected chi connectivity index (χ2v) is 4.78. The molecule has 108 valence electrons. The van der Waals surface area contributed by atoms with Gasteiger partial charge in [0.1, 0.15) is 5.69 Å². The number of hydrogen-bond donors (Lipinski definition) is 1. The van der Waals surface area contributed by atoms with Crippen LogP contribution in [0, 0.1) is 23.5 Å². The van der Waals surface area contributed by atoms with Gasteiger partial charge in [0.25, 0.3) is 11.9 Å². The Morgan fingerprint density at radius 2 is 1.71 bits per heavy atom. The van der Waals surface area contributed by atoms with Gasteiger partial charge in [-0.15, -0.1) is 0 Å². The zero-order chi connectivity index (χ0) is 15.3. The lowest BCUT2D eigenvalue weighted by molar-refractivity contribution is 0.402. The molecule has 0 aliphatic heterocycles. The van der Waals surface area contributed by atoms with Crippen molar-refractivity contribution >= 4 is 27.6 Å². The maximum absolute atomic E-state index is 13.7. The first-order valence-electron chi connectivity index (χ1n) is 5.24. The molecule has 0 amide bonds. The molecule has 0 saturated heterocycles. The molecule has 21 heavy (non-hydrogen) atoms. The van der Waals surface area contributed by atoms with E-state index in [9.17, 15) is 22.4 Å². The van der Waals surface area contributed by atoms with E-state index in [0.717, 1.165) is 6.20 Å². The van der Waals surface area contributed by atoms with E-state index in [1.165, 1.54) is 0 Å². The molecule has 0 unspecified atom stereocenters. The van der Waals surface area contributed by atoms with Gasteiger partial charge in [-0.3, -0.25) is 4.79 Å². The Morgan fingerprint density at radius 1 is 1.10 bits per heavy atom. The van der Waals surface area contributed by atoms with Gasteiger partial charge in [-0.05, 0) is 0 Å². The van der Waals surface area contributed by atoms with Crippen LogP contribution in [0.15, 0.2) is 11.0 Å². The van der Waals surface area contributed by atoms with Gasteiger partial charge in [-0.2, -0.15) is 27.5 Å². The summed E-state index contributed by atoms with van der Waals surface area (Å²) >= 11 is 0.540. The van der Waals surface area contributed by atoms with Crippen molar-refractivity contribution in [1.82, 2.24) is 19.5 Å². The normalized spacial score (nSPS) is 11.2. The highest BCUT2D eigenvalue weighted by Crippen LogP contribution is 2.25. The molecule has 0 aliphatic carbocycles. The number of anilines is 1. The van der Waals surface area contributed by atoms with Gasteiger partial charge in [0.05, 0.1) is 10.9 Å². The SMILES string of the molecule is Nc1ncc2sc(=O)n(-c3c(F)c(F)nc(F)c3F)c2n1. The van der Waals surface area contributed by atoms with E-state index >= 15 is 0 Å². The number of halogens is 4. The van der Waals surface area contributed by atoms with E-state index in [1.54, 1.807) is 0 Å². The fraction of sp³-hybridized carbons (Fsp3) is 0. The topological polar surface area (TPSA) is 86.7 Å². The highest BCUT2D eigenvalue weighted by atomic mass is 32.1. The molecule has 3 rings (SSSR count). The van der Waals surface area contributed by atoms with Gasteiger partial charge in [-0.1, -0.05) is 11.3 Å². The molecule has 0 spiro atoms. The van der Waals surface area contributed by atoms with Crippen LogP contribution in [0.3, 0.4) is 0 Å². The summed E-state index contributed by atoms with van der Waals surface area (Å²) in [4.78, 5) is 20.6. The van der Waals surface area contributed by atoms with E-state index in [-0.39, 0.29) is 16.3 Å². The van der Waals surface area contributed by atoms with E-state index in [0.29, 0.717) is 15.9 Å². The van der Waals surface area contributed by atoms with E-state index in [2.05, 4.69) is 15.0 Å². The summed E-state index contributed by atoms with van der Waals surface area (Å²) in [6.07, 6.45) is 1.16. The van der Waals surface area contributed by atoms with Crippen molar-refractivity contribution in [1.29, 1.82) is 0 Å². The Bertz CT molecular complexity index is 911. The highest BCUT2D eigenvalue weighted by Gasteiger charge is 2.26. The molecule has 3 heterocycles. The van der Waals surface area contributed by atoms with Crippen molar-refractivity contribution in [3.8, 4) is 5.69 Å². The van der Waals surface area contributed by atoms with Crippen LogP contribution in [-0.4, -0.2) is 19.5 Å². The summed E-state index contributed by atoms with van der Waals surface area (Å²) in [6, 6.07) is 0. The third kappa shape index (κ3) is 1.93. The van der Waals surface area contributed by atoms with Crippen LogP contribution in [0.25, 0.3) is 16.0 Å². The molecule has 0 aliphatic rings. The van der Waals surface area contributed by atoms with Crippen LogP contribution < -0.4 is 10.6 Å². The number of pyridine rings is 1. The van der Waals surface area contributed by atoms with Gasteiger partial charge in [0.15, 0.2) is 5.65 Å². The second kappa shape index (κ2) is 4.48. The molecule has 3 aromatic heterocycles. The molecule has 2 N–H and O–H groups in total. The molecule has 0 bridgehead atoms. The second-order valence-electron chi connectivity index (χ2n) is 3.79. The van der Waals surface area contributed by atoms with Crippen molar-refractivity contribution in [2.75, 3.05) is 5.73 Å². The molecular weight excluding hydrogens is 314 g/mol. The minimum atomic E-state index is -1.88. The highest BCUT2D eigenvalue weighted by molar-refractivity contribution is 7.16. The maximum atomic E-state index is 13.7. The lowest BCUT2D eigenvalue weighted by Gasteiger charge is -2.07. The van der Waals surface area contributed by atoms with E-state index < -0.39 is 34.1 Å². The van der Waals surface area contributed by atoms with Gasteiger partial charge in [-0.25, -0.2) is 9.55 Å². The number of nitrogen functional groups attached to an aromatic ring is 1. The van der Waals surface area contributed by atoms with Crippen molar-refractivity contribution in [2.24, 2.45) is 0 Å². The zero-order valence-corrected chi connectivity index (χ0v) is 10.6. The number of nitrogens with zero attached hydrogens (tertiary/aromatic N) is 4. The van der Waals surface area contributed by atoms with Gasteiger partial charge in [0, 0.05) is 0 Å². The van der Waals surface area contributed by atoms with Crippen LogP contribution >= 0.6 is 11.3 Å². The average molecular weight is 317 g/mol. The first kappa shape index (κ1) is 13.4. The molecule has 11 heteroatoms. The summed E-state index contributed by atoms with van der Waals surface area (Å²) < 4.78 is 54.3. The Hall–Kier alpha value is -2.56. The lowest BCUT2D eigenvalue weighted by Crippen LogP contribution is -2.17. The van der Waals surface area contributed by atoms with Crippen LogP contribution in [-0.2, 0) is 0 Å². The first-order valence-corrected chi connectivity index (χ1v) is 6.06. The number of aromatic nitrogens is 4. The van der Waals surface area contributed by atoms with Crippen molar-refractivity contribution in [3.63, 3.8) is 0 Å². The van der Waals surface area contributed by atoms with Crippen LogP contribution in [0.1, 0.15) is 0 Å². The zero-order valence-electron chi connectivity index (χ0n) is 9.77. The number of fused-ring (bicyclic) bond motifs is 1. The Labute approximate surface area is 116 Å². The Morgan fingerprint density at radius 3 is 2.33 bits per heavy atom. The predicted molar refractivity (Wildman–Crippen MR) is 65.1 cm³/mol. The van der Waals surface area contributed by atoms with Crippen LogP contribution in [0.5, 0.6) is 0 Å². The third-order valence-electron chi connectivity index (χ3n) is 2.54. The molecule has 6 nitrogen and oxygen atoms in total. The fourth-order valence-electron chi connectivity index (χ4n) is 1.70. The summed E-state index contributed by atoms with van der Waals surface area (Å²) in [6.45, 7) is 0. The lowest BCUT2D eigenvalue weighted by atomic mass is 10.3. The number of hydrogen-bond acceptors (Lipinski definition) is 6. The van der Waals surface area contributed by atoms with Crippen molar-refractivity contribution in [3.05, 3.63) is 39.4 Å². The van der Waals surface area contributed by atoms with Crippen LogP contribution in [0.2, 0.25) is 0 Å². The van der Waals surface area contributed by atoms with Crippen molar-refractivity contribution in [2.45, 2.75) is 0 Å². The predicted octanol–water partition coefficient (Wildman–Crippen LogP) is 1.38. The molecular formula is C10H3F4N5OS. The van der Waals surface area contributed by atoms with Gasteiger partial charge < -0.3 is 5.73 Å². The quantitative estimate of drug-likeness (QED) is 0.541. The maximum Gasteiger partial charge on any atom is 0.314 e. The molecule has 0 fully saturated rings. The molecule has 0 atom stereocenters. The summed E-state index contributed by atoms with van der Waals surface area (Å²) in [5, 5.41) is 0. The molecule has 3 aromatic rings. The Kier molecular flexibility index (Phi) is 2.86. The largest absolute Gasteiger partial charge is 0.368 e. The fourth-order valence-corrected chi connectivity index (χ4v) is 2.49. The van der Waals surface area contributed by atoms with Gasteiger partial charge in [0.2, 0.25) is 17.6 Å². The van der Waals surface area contributed by atoms with E-state index in [4.69, 9.17) is 5.73 Å². The number of nitrogens with two attached hydrogens (primary N) is 1.